The van der Waals surface area contributed by atoms with Gasteiger partial charge < -0.3 is 15.0 Å². The van der Waals surface area contributed by atoms with Crippen LogP contribution >= 0.6 is 0 Å². The van der Waals surface area contributed by atoms with E-state index in [9.17, 15) is 10.3 Å². The van der Waals surface area contributed by atoms with E-state index in [4.69, 9.17) is 0 Å². The van der Waals surface area contributed by atoms with Crippen LogP contribution in [0.5, 0.6) is 0 Å². The van der Waals surface area contributed by atoms with E-state index in [-0.39, 0.29) is 4.65 Å². The van der Waals surface area contributed by atoms with E-state index in [2.05, 4.69) is 0 Å². The minimum Gasteiger partial charge on any atom is -0.632 e. The number of nitrogens with zero attached hydrogens (tertiary/aromatic N) is 1. The summed E-state index contributed by atoms with van der Waals surface area (Å²) in [5.41, 5.74) is 1.06. The van der Waals surface area contributed by atoms with Crippen molar-refractivity contribution in [2.45, 2.75) is 25.5 Å². The van der Waals surface area contributed by atoms with Crippen LogP contribution in [-0.2, 0) is 6.54 Å². The summed E-state index contributed by atoms with van der Waals surface area (Å²) in [6, 6.07) is 9.78. The molecule has 1 aliphatic heterocycles. The first kappa shape index (κ1) is 10.6. The summed E-state index contributed by atoms with van der Waals surface area (Å²) in [6.45, 7) is 1.46. The Bertz CT molecular complexity index is 315. The van der Waals surface area contributed by atoms with Crippen molar-refractivity contribution < 1.29 is 9.75 Å². The summed E-state index contributed by atoms with van der Waals surface area (Å²) in [4.78, 5) is 0. The van der Waals surface area contributed by atoms with Crippen LogP contribution in [0, 0.1) is 5.21 Å². The second-order valence-electron chi connectivity index (χ2n) is 4.40. The third-order valence-corrected chi connectivity index (χ3v) is 2.96. The summed E-state index contributed by atoms with van der Waals surface area (Å²) in [5, 5.41) is 21.8. The highest BCUT2D eigenvalue weighted by Gasteiger charge is 2.26. The molecular weight excluding hydrogens is 190 g/mol. The number of hydroxylamine groups is 3. The van der Waals surface area contributed by atoms with Gasteiger partial charge in [-0.05, 0) is 12.8 Å². The molecule has 1 aliphatic rings. The van der Waals surface area contributed by atoms with Gasteiger partial charge in [0.25, 0.3) is 0 Å². The Balaban J connectivity index is 2.04. The molecule has 2 atom stereocenters. The van der Waals surface area contributed by atoms with E-state index in [0.29, 0.717) is 19.6 Å². The molecule has 2 unspecified atom stereocenters. The van der Waals surface area contributed by atoms with Crippen molar-refractivity contribution in [2.75, 3.05) is 13.1 Å². The van der Waals surface area contributed by atoms with Crippen LogP contribution in [0.4, 0.5) is 0 Å². The van der Waals surface area contributed by atoms with E-state index in [0.717, 1.165) is 18.4 Å². The highest BCUT2D eigenvalue weighted by molar-refractivity contribution is 5.13. The lowest BCUT2D eigenvalue weighted by atomic mass is 10.1. The maximum Gasteiger partial charge on any atom is 0.105 e. The molecule has 2 rings (SSSR count). The van der Waals surface area contributed by atoms with Gasteiger partial charge in [-0.3, -0.25) is 0 Å². The predicted molar refractivity (Wildman–Crippen MR) is 58.7 cm³/mol. The molecule has 0 spiro atoms. The second kappa shape index (κ2) is 4.31. The van der Waals surface area contributed by atoms with E-state index in [1.54, 1.807) is 0 Å². The molecule has 1 heterocycles. The maximum atomic E-state index is 12.3. The van der Waals surface area contributed by atoms with Gasteiger partial charge in [-0.1, -0.05) is 30.3 Å². The van der Waals surface area contributed by atoms with Crippen LogP contribution in [-0.4, -0.2) is 28.9 Å². The topological polar surface area (TPSA) is 43.3 Å². The number of rotatable bonds is 2. The van der Waals surface area contributed by atoms with Gasteiger partial charge in [-0.2, -0.15) is 0 Å². The molecule has 0 bridgehead atoms. The first-order valence-electron chi connectivity index (χ1n) is 5.47. The zero-order valence-electron chi connectivity index (χ0n) is 8.80. The van der Waals surface area contributed by atoms with Crippen molar-refractivity contribution in [1.82, 2.24) is 0 Å². The predicted octanol–water partition coefficient (Wildman–Crippen LogP) is 1.66. The van der Waals surface area contributed by atoms with Gasteiger partial charge in [0.1, 0.15) is 19.2 Å². The molecule has 0 aromatic heterocycles. The normalized spacial score (nSPS) is 31.5. The Labute approximate surface area is 90.1 Å². The number of hydrogen-bond donors (Lipinski definition) is 1. The molecule has 82 valence electrons. The Morgan fingerprint density at radius 2 is 2.07 bits per heavy atom. The highest BCUT2D eigenvalue weighted by atomic mass is 16.5. The van der Waals surface area contributed by atoms with Crippen molar-refractivity contribution in [3.63, 3.8) is 0 Å². The minimum absolute atomic E-state index is 0.273. The third kappa shape index (κ3) is 2.78. The van der Waals surface area contributed by atoms with Gasteiger partial charge in [0.2, 0.25) is 0 Å². The zero-order chi connectivity index (χ0) is 10.7. The van der Waals surface area contributed by atoms with Gasteiger partial charge >= 0.3 is 0 Å². The average molecular weight is 207 g/mol. The van der Waals surface area contributed by atoms with Crippen molar-refractivity contribution in [3.8, 4) is 0 Å². The molecule has 0 radical (unpaired) electrons. The monoisotopic (exact) mass is 207 g/mol. The van der Waals surface area contributed by atoms with Gasteiger partial charge in [-0.15, -0.1) is 0 Å². The highest BCUT2D eigenvalue weighted by Crippen LogP contribution is 2.21. The van der Waals surface area contributed by atoms with Gasteiger partial charge in [0, 0.05) is 5.56 Å². The van der Waals surface area contributed by atoms with Crippen molar-refractivity contribution in [3.05, 3.63) is 41.1 Å². The number of aliphatic hydroxyl groups is 1. The number of piperidine rings is 1. The lowest BCUT2D eigenvalue weighted by molar-refractivity contribution is -0.901. The SMILES string of the molecule is [O-][N+]1(Cc2ccccc2)CCCC(O)C1. The quantitative estimate of drug-likeness (QED) is 0.592. The molecule has 0 saturated carbocycles. The fourth-order valence-electron chi connectivity index (χ4n) is 2.24. The largest absolute Gasteiger partial charge is 0.632 e. The van der Waals surface area contributed by atoms with Gasteiger partial charge in [0.15, 0.2) is 0 Å². The molecule has 1 aromatic carbocycles. The summed E-state index contributed by atoms with van der Waals surface area (Å²) in [5.74, 6) is 0. The van der Waals surface area contributed by atoms with E-state index >= 15 is 0 Å². The van der Waals surface area contributed by atoms with Crippen LogP contribution in [0.15, 0.2) is 30.3 Å². The first-order valence-corrected chi connectivity index (χ1v) is 5.47. The molecule has 0 aliphatic carbocycles. The fourth-order valence-corrected chi connectivity index (χ4v) is 2.24. The van der Waals surface area contributed by atoms with Crippen LogP contribution in [0.2, 0.25) is 0 Å². The summed E-state index contributed by atoms with van der Waals surface area (Å²) >= 11 is 0. The second-order valence-corrected chi connectivity index (χ2v) is 4.40. The first-order chi connectivity index (χ1) is 7.18. The fraction of sp³-hybridized carbons (Fsp3) is 0.500. The van der Waals surface area contributed by atoms with E-state index in [1.165, 1.54) is 0 Å². The van der Waals surface area contributed by atoms with Crippen LogP contribution in [0.3, 0.4) is 0 Å². The standard InChI is InChI=1S/C12H17NO2/c14-12-7-4-8-13(15,10-12)9-11-5-2-1-3-6-11/h1-3,5-6,12,14H,4,7-10H2. The summed E-state index contributed by atoms with van der Waals surface area (Å²) in [7, 11) is 0. The number of hydrogen-bond acceptors (Lipinski definition) is 2. The molecular formula is C12H17NO2. The van der Waals surface area contributed by atoms with Crippen molar-refractivity contribution in [2.24, 2.45) is 0 Å². The van der Waals surface area contributed by atoms with Crippen LogP contribution in [0.1, 0.15) is 18.4 Å². The van der Waals surface area contributed by atoms with Crippen LogP contribution in [0.25, 0.3) is 0 Å². The van der Waals surface area contributed by atoms with Gasteiger partial charge in [0.05, 0.1) is 6.54 Å². The average Bonchev–Trinajstić information content (AvgIpc) is 2.18. The Morgan fingerprint density at radius 3 is 2.73 bits per heavy atom. The lowest BCUT2D eigenvalue weighted by Gasteiger charge is -2.47. The smallest absolute Gasteiger partial charge is 0.105 e. The lowest BCUT2D eigenvalue weighted by Crippen LogP contribution is -2.50. The molecule has 0 amide bonds. The molecule has 1 fully saturated rings. The molecule has 3 heteroatoms. The third-order valence-electron chi connectivity index (χ3n) is 2.96. The maximum absolute atomic E-state index is 12.3. The molecule has 1 N–H and O–H groups in total. The summed E-state index contributed by atoms with van der Waals surface area (Å²) in [6.07, 6.45) is 1.19. The molecule has 3 nitrogen and oxygen atoms in total. The Hall–Kier alpha value is -0.900. The van der Waals surface area contributed by atoms with Crippen molar-refractivity contribution in [1.29, 1.82) is 0 Å². The zero-order valence-corrected chi connectivity index (χ0v) is 8.80. The molecule has 1 aromatic rings. The number of quaternary nitrogens is 1. The van der Waals surface area contributed by atoms with Crippen molar-refractivity contribution >= 4 is 0 Å². The molecule has 15 heavy (non-hydrogen) atoms. The minimum atomic E-state index is -0.417. The Kier molecular flexibility index (Phi) is 3.05. The molecule has 1 saturated heterocycles. The Morgan fingerprint density at radius 1 is 1.33 bits per heavy atom. The van der Waals surface area contributed by atoms with Gasteiger partial charge in [-0.25, -0.2) is 0 Å². The van der Waals surface area contributed by atoms with E-state index < -0.39 is 6.10 Å². The number of aliphatic hydroxyl groups excluding tert-OH is 1. The number of likely N-dealkylation sites (tertiary alicyclic amines) is 1. The number of benzene rings is 1. The summed E-state index contributed by atoms with van der Waals surface area (Å²) < 4.78 is -0.273. The van der Waals surface area contributed by atoms with E-state index in [1.807, 2.05) is 30.3 Å². The van der Waals surface area contributed by atoms with Crippen LogP contribution < -0.4 is 0 Å².